The van der Waals surface area contributed by atoms with Gasteiger partial charge in [0.2, 0.25) is 0 Å². The molecule has 0 aliphatic heterocycles. The summed E-state index contributed by atoms with van der Waals surface area (Å²) in [5.41, 5.74) is 3.17. The molecule has 0 aliphatic carbocycles. The number of imidazole rings is 1. The van der Waals surface area contributed by atoms with E-state index in [1.807, 2.05) is 49.0 Å². The van der Waals surface area contributed by atoms with Crippen molar-refractivity contribution in [3.05, 3.63) is 108 Å². The van der Waals surface area contributed by atoms with Crippen molar-refractivity contribution >= 4 is 23.2 Å². The Morgan fingerprint density at radius 2 is 1.61 bits per heavy atom. The molecular formula is C26H24N4O3. The normalized spacial score (nSPS) is 10.5. The molecule has 4 aromatic rings. The summed E-state index contributed by atoms with van der Waals surface area (Å²) >= 11 is 0. The molecule has 0 unspecified atom stereocenters. The third-order valence-corrected chi connectivity index (χ3v) is 5.19. The summed E-state index contributed by atoms with van der Waals surface area (Å²) < 4.78 is 7.63. The van der Waals surface area contributed by atoms with Crippen LogP contribution in [-0.4, -0.2) is 21.4 Å². The maximum Gasteiger partial charge on any atom is 0.255 e. The second-order valence-electron chi connectivity index (χ2n) is 7.57. The maximum atomic E-state index is 12.8. The zero-order valence-corrected chi connectivity index (χ0v) is 18.4. The van der Waals surface area contributed by atoms with Crippen LogP contribution in [0.2, 0.25) is 0 Å². The predicted molar refractivity (Wildman–Crippen MR) is 128 cm³/mol. The summed E-state index contributed by atoms with van der Waals surface area (Å²) in [6.07, 6.45) is 3.58. The molecule has 4 rings (SSSR count). The van der Waals surface area contributed by atoms with E-state index in [0.29, 0.717) is 34.9 Å². The highest BCUT2D eigenvalue weighted by Gasteiger charge is 2.11. The number of nitrogens with zero attached hydrogens (tertiary/aromatic N) is 2. The minimum atomic E-state index is -0.250. The van der Waals surface area contributed by atoms with Crippen LogP contribution in [0.3, 0.4) is 0 Å². The number of carbonyl (C=O) groups is 2. The van der Waals surface area contributed by atoms with E-state index in [1.54, 1.807) is 54.7 Å². The molecule has 0 bridgehead atoms. The summed E-state index contributed by atoms with van der Waals surface area (Å²) in [4.78, 5) is 29.4. The summed E-state index contributed by atoms with van der Waals surface area (Å²) in [6, 6.07) is 21.3. The van der Waals surface area contributed by atoms with Gasteiger partial charge in [-0.25, -0.2) is 4.98 Å². The number of hydrogen-bond acceptors (Lipinski definition) is 4. The summed E-state index contributed by atoms with van der Waals surface area (Å²) in [6.45, 7) is 2.24. The molecule has 2 N–H and O–H groups in total. The highest BCUT2D eigenvalue weighted by molar-refractivity contribution is 6.06. The largest absolute Gasteiger partial charge is 0.486 e. The van der Waals surface area contributed by atoms with Crippen LogP contribution in [0.15, 0.2) is 85.2 Å². The van der Waals surface area contributed by atoms with E-state index in [9.17, 15) is 9.59 Å². The SMILES string of the molecule is Cc1ccc(NC(=O)c2ccccc2)cc1NC(=O)c1ccc(OCc2nccn2C)cc1. The van der Waals surface area contributed by atoms with Gasteiger partial charge in [0, 0.05) is 41.9 Å². The van der Waals surface area contributed by atoms with Gasteiger partial charge in [-0.1, -0.05) is 24.3 Å². The standard InChI is InChI=1S/C26H24N4O3/c1-18-8-11-21(28-25(31)19-6-4-3-5-7-19)16-23(18)29-26(32)20-9-12-22(13-10-20)33-17-24-27-14-15-30(24)2/h3-16H,17H2,1-2H3,(H,28,31)(H,29,32). The Balaban J connectivity index is 1.39. The van der Waals surface area contributed by atoms with E-state index < -0.39 is 0 Å². The van der Waals surface area contributed by atoms with Crippen LogP contribution in [0.4, 0.5) is 11.4 Å². The number of anilines is 2. The van der Waals surface area contributed by atoms with Gasteiger partial charge in [-0.3, -0.25) is 9.59 Å². The number of aryl methyl sites for hydroxylation is 2. The van der Waals surface area contributed by atoms with Gasteiger partial charge in [0.15, 0.2) is 0 Å². The lowest BCUT2D eigenvalue weighted by Gasteiger charge is -2.12. The number of benzene rings is 3. The monoisotopic (exact) mass is 440 g/mol. The Kier molecular flexibility index (Phi) is 6.50. The van der Waals surface area contributed by atoms with E-state index in [4.69, 9.17) is 4.74 Å². The fourth-order valence-corrected chi connectivity index (χ4v) is 3.21. The van der Waals surface area contributed by atoms with Crippen LogP contribution in [-0.2, 0) is 13.7 Å². The van der Waals surface area contributed by atoms with Crippen molar-refractivity contribution in [2.45, 2.75) is 13.5 Å². The zero-order chi connectivity index (χ0) is 23.2. The third-order valence-electron chi connectivity index (χ3n) is 5.19. The second-order valence-corrected chi connectivity index (χ2v) is 7.57. The van der Waals surface area contributed by atoms with E-state index >= 15 is 0 Å². The molecule has 0 saturated carbocycles. The third kappa shape index (κ3) is 5.46. The fraction of sp³-hybridized carbons (Fsp3) is 0.115. The number of amides is 2. The van der Waals surface area contributed by atoms with E-state index in [0.717, 1.165) is 11.4 Å². The van der Waals surface area contributed by atoms with Crippen LogP contribution in [0.5, 0.6) is 5.75 Å². The number of aromatic nitrogens is 2. The molecular weight excluding hydrogens is 416 g/mol. The Bertz CT molecular complexity index is 1260. The molecule has 0 saturated heterocycles. The summed E-state index contributed by atoms with van der Waals surface area (Å²) in [5, 5.41) is 5.78. The molecule has 33 heavy (non-hydrogen) atoms. The molecule has 1 aromatic heterocycles. The lowest BCUT2D eigenvalue weighted by molar-refractivity contribution is 0.101. The first-order valence-corrected chi connectivity index (χ1v) is 10.5. The van der Waals surface area contributed by atoms with Crippen LogP contribution < -0.4 is 15.4 Å². The Morgan fingerprint density at radius 3 is 2.30 bits per heavy atom. The van der Waals surface area contributed by atoms with Gasteiger partial charge >= 0.3 is 0 Å². The molecule has 166 valence electrons. The van der Waals surface area contributed by atoms with Crippen molar-refractivity contribution < 1.29 is 14.3 Å². The number of hydrogen-bond donors (Lipinski definition) is 2. The Hall–Kier alpha value is -4.39. The van der Waals surface area contributed by atoms with Gasteiger partial charge in [0.25, 0.3) is 11.8 Å². The summed E-state index contributed by atoms with van der Waals surface area (Å²) in [5.74, 6) is 1.00. The molecule has 2 amide bonds. The first-order chi connectivity index (χ1) is 16.0. The average Bonchev–Trinajstić information content (AvgIpc) is 3.25. The van der Waals surface area contributed by atoms with Gasteiger partial charge in [-0.15, -0.1) is 0 Å². The second kappa shape index (κ2) is 9.82. The Labute approximate surface area is 192 Å². The molecule has 1 heterocycles. The molecule has 0 spiro atoms. The topological polar surface area (TPSA) is 85.2 Å². The number of nitrogens with one attached hydrogen (secondary N) is 2. The van der Waals surface area contributed by atoms with Gasteiger partial charge in [-0.05, 0) is 61.0 Å². The number of carbonyl (C=O) groups excluding carboxylic acids is 2. The lowest BCUT2D eigenvalue weighted by Crippen LogP contribution is -2.14. The first kappa shape index (κ1) is 21.8. The van der Waals surface area contributed by atoms with Crippen molar-refractivity contribution in [1.82, 2.24) is 9.55 Å². The molecule has 0 atom stereocenters. The molecule has 0 aliphatic rings. The number of rotatable bonds is 7. The van der Waals surface area contributed by atoms with Gasteiger partial charge in [0.1, 0.15) is 18.2 Å². The fourth-order valence-electron chi connectivity index (χ4n) is 3.21. The van der Waals surface area contributed by atoms with Crippen molar-refractivity contribution in [3.8, 4) is 5.75 Å². The van der Waals surface area contributed by atoms with Crippen molar-refractivity contribution in [1.29, 1.82) is 0 Å². The molecule has 7 heteroatoms. The molecule has 0 radical (unpaired) electrons. The smallest absolute Gasteiger partial charge is 0.255 e. The van der Waals surface area contributed by atoms with Crippen LogP contribution in [0.1, 0.15) is 32.1 Å². The van der Waals surface area contributed by atoms with Crippen molar-refractivity contribution in [3.63, 3.8) is 0 Å². The Morgan fingerprint density at radius 1 is 0.909 bits per heavy atom. The number of ether oxygens (including phenoxy) is 1. The average molecular weight is 441 g/mol. The van der Waals surface area contributed by atoms with Crippen molar-refractivity contribution in [2.24, 2.45) is 7.05 Å². The highest BCUT2D eigenvalue weighted by atomic mass is 16.5. The quantitative estimate of drug-likeness (QED) is 0.432. The minimum absolute atomic E-state index is 0.210. The highest BCUT2D eigenvalue weighted by Crippen LogP contribution is 2.22. The van der Waals surface area contributed by atoms with Gasteiger partial charge < -0.3 is 19.9 Å². The van der Waals surface area contributed by atoms with Crippen LogP contribution in [0, 0.1) is 6.92 Å². The van der Waals surface area contributed by atoms with E-state index in [2.05, 4.69) is 15.6 Å². The lowest BCUT2D eigenvalue weighted by atomic mass is 10.1. The molecule has 0 fully saturated rings. The van der Waals surface area contributed by atoms with Crippen molar-refractivity contribution in [2.75, 3.05) is 10.6 Å². The predicted octanol–water partition coefficient (Wildman–Crippen LogP) is 4.81. The van der Waals surface area contributed by atoms with Gasteiger partial charge in [-0.2, -0.15) is 0 Å². The van der Waals surface area contributed by atoms with E-state index in [-0.39, 0.29) is 11.8 Å². The first-order valence-electron chi connectivity index (χ1n) is 10.5. The van der Waals surface area contributed by atoms with Gasteiger partial charge in [0.05, 0.1) is 0 Å². The molecule has 7 nitrogen and oxygen atoms in total. The van der Waals surface area contributed by atoms with Crippen LogP contribution >= 0.6 is 0 Å². The minimum Gasteiger partial charge on any atom is -0.486 e. The maximum absolute atomic E-state index is 12.8. The molecule has 3 aromatic carbocycles. The van der Waals surface area contributed by atoms with E-state index in [1.165, 1.54) is 0 Å². The summed E-state index contributed by atoms with van der Waals surface area (Å²) in [7, 11) is 1.91. The zero-order valence-electron chi connectivity index (χ0n) is 18.4. The van der Waals surface area contributed by atoms with Crippen LogP contribution in [0.25, 0.3) is 0 Å².